The fraction of sp³-hybridized carbons (Fsp3) is 0.562. The summed E-state index contributed by atoms with van der Waals surface area (Å²) in [6.07, 6.45) is 7.85. The summed E-state index contributed by atoms with van der Waals surface area (Å²) in [6, 6.07) is 13.1. The third-order valence-electron chi connectivity index (χ3n) is 7.21. The van der Waals surface area contributed by atoms with Crippen molar-refractivity contribution >= 4 is 12.1 Å². The number of piperidine rings is 1. The number of aldehydes is 1. The van der Waals surface area contributed by atoms with Crippen LogP contribution in [0.4, 0.5) is 0 Å². The molecule has 0 saturated carbocycles. The predicted molar refractivity (Wildman–Crippen MR) is 152 cm³/mol. The summed E-state index contributed by atoms with van der Waals surface area (Å²) in [7, 11) is 0. The third kappa shape index (κ3) is 8.62. The summed E-state index contributed by atoms with van der Waals surface area (Å²) >= 11 is 0. The van der Waals surface area contributed by atoms with Gasteiger partial charge in [-0.15, -0.1) is 0 Å². The SMILES string of the molecule is CCCCCCCCON1C(C)(C)CC(OC(C=O)Oc2ccc(C(=O)c3ccccc3)c(O)c2)CC1(C)C. The molecular weight excluding hydrogens is 494 g/mol. The highest BCUT2D eigenvalue weighted by Gasteiger charge is 2.47. The summed E-state index contributed by atoms with van der Waals surface area (Å²) in [4.78, 5) is 30.9. The van der Waals surface area contributed by atoms with Gasteiger partial charge in [-0.25, -0.2) is 0 Å². The highest BCUT2D eigenvalue weighted by atomic mass is 16.7. The topological polar surface area (TPSA) is 85.3 Å². The van der Waals surface area contributed by atoms with Crippen LogP contribution in [-0.2, 0) is 14.4 Å². The zero-order valence-corrected chi connectivity index (χ0v) is 24.2. The molecule has 1 unspecified atom stereocenters. The lowest BCUT2D eigenvalue weighted by atomic mass is 9.80. The van der Waals surface area contributed by atoms with E-state index in [2.05, 4.69) is 39.7 Å². The molecule has 1 aliphatic heterocycles. The average Bonchev–Trinajstić information content (AvgIpc) is 2.88. The van der Waals surface area contributed by atoms with Gasteiger partial charge in [0.2, 0.25) is 0 Å². The second-order valence-corrected chi connectivity index (χ2v) is 11.7. The first-order valence-corrected chi connectivity index (χ1v) is 14.2. The first kappa shape index (κ1) is 30.8. The zero-order valence-electron chi connectivity index (χ0n) is 24.2. The Kier molecular flexibility index (Phi) is 11.1. The molecule has 1 atom stereocenters. The number of hydroxylamine groups is 2. The number of unbranched alkanes of at least 4 members (excludes halogenated alkanes) is 5. The Hall–Kier alpha value is -2.74. The molecule has 1 saturated heterocycles. The van der Waals surface area contributed by atoms with Crippen LogP contribution in [0.1, 0.15) is 102 Å². The second kappa shape index (κ2) is 14.1. The van der Waals surface area contributed by atoms with Crippen molar-refractivity contribution in [3.05, 3.63) is 59.7 Å². The maximum atomic E-state index is 12.7. The Morgan fingerprint density at radius 3 is 2.26 bits per heavy atom. The smallest absolute Gasteiger partial charge is 0.257 e. The van der Waals surface area contributed by atoms with Gasteiger partial charge in [0.05, 0.1) is 18.3 Å². The van der Waals surface area contributed by atoms with E-state index in [4.69, 9.17) is 14.3 Å². The number of phenolic OH excluding ortho intramolecular Hbond substituents is 1. The van der Waals surface area contributed by atoms with Crippen LogP contribution in [-0.4, -0.2) is 52.3 Å². The maximum Gasteiger partial charge on any atom is 0.257 e. The molecule has 1 aliphatic rings. The van der Waals surface area contributed by atoms with Crippen molar-refractivity contribution in [1.29, 1.82) is 0 Å². The van der Waals surface area contributed by atoms with E-state index < -0.39 is 6.29 Å². The number of hydrogen-bond acceptors (Lipinski definition) is 7. The molecule has 1 N–H and O–H groups in total. The number of carbonyl (C=O) groups is 2. The van der Waals surface area contributed by atoms with E-state index in [1.807, 2.05) is 6.07 Å². The molecule has 3 rings (SSSR count). The monoisotopic (exact) mass is 539 g/mol. The minimum atomic E-state index is -1.15. The molecular formula is C32H45NO6. The molecule has 214 valence electrons. The van der Waals surface area contributed by atoms with Crippen LogP contribution < -0.4 is 4.74 Å². The lowest BCUT2D eigenvalue weighted by Crippen LogP contribution is -2.62. The number of nitrogens with zero attached hydrogens (tertiary/aromatic N) is 1. The predicted octanol–water partition coefficient (Wildman–Crippen LogP) is 6.86. The fourth-order valence-electron chi connectivity index (χ4n) is 5.59. The Balaban J connectivity index is 1.57. The van der Waals surface area contributed by atoms with E-state index in [0.717, 1.165) is 6.42 Å². The molecule has 0 aromatic heterocycles. The molecule has 2 aromatic carbocycles. The van der Waals surface area contributed by atoms with Gasteiger partial charge in [-0.05, 0) is 59.1 Å². The van der Waals surface area contributed by atoms with E-state index in [1.54, 1.807) is 30.3 Å². The van der Waals surface area contributed by atoms with Crippen LogP contribution >= 0.6 is 0 Å². The number of carbonyl (C=O) groups excluding carboxylic acids is 2. The van der Waals surface area contributed by atoms with E-state index >= 15 is 0 Å². The summed E-state index contributed by atoms with van der Waals surface area (Å²) < 4.78 is 11.9. The Labute approximate surface area is 233 Å². The van der Waals surface area contributed by atoms with Crippen molar-refractivity contribution in [2.45, 2.75) is 109 Å². The van der Waals surface area contributed by atoms with Crippen LogP contribution in [0.2, 0.25) is 0 Å². The summed E-state index contributed by atoms with van der Waals surface area (Å²) in [5.74, 6) is -0.269. The zero-order chi connectivity index (χ0) is 28.5. The van der Waals surface area contributed by atoms with E-state index in [0.29, 0.717) is 31.3 Å². The number of hydrogen-bond donors (Lipinski definition) is 1. The standard InChI is InChI=1S/C32H45NO6/c1-6-7-8-9-10-14-19-37-33-31(2,3)21-26(22-32(33,4)5)39-29(23-34)38-25-17-18-27(28(35)20-25)30(36)24-15-12-11-13-16-24/h11-13,15-18,20,23,26,29,35H,6-10,14,19,21-22H2,1-5H3. The number of rotatable bonds is 15. The molecule has 0 aliphatic carbocycles. The average molecular weight is 540 g/mol. The molecule has 7 heteroatoms. The number of ether oxygens (including phenoxy) is 2. The molecule has 7 nitrogen and oxygen atoms in total. The minimum absolute atomic E-state index is 0.161. The second-order valence-electron chi connectivity index (χ2n) is 11.7. The number of benzene rings is 2. The van der Waals surface area contributed by atoms with Crippen molar-refractivity contribution < 1.29 is 29.0 Å². The molecule has 0 spiro atoms. The van der Waals surface area contributed by atoms with Gasteiger partial charge in [-0.2, -0.15) is 5.06 Å². The van der Waals surface area contributed by atoms with Gasteiger partial charge in [0.25, 0.3) is 6.29 Å². The van der Waals surface area contributed by atoms with Gasteiger partial charge in [0.15, 0.2) is 12.1 Å². The molecule has 1 fully saturated rings. The van der Waals surface area contributed by atoms with Crippen molar-refractivity contribution in [3.63, 3.8) is 0 Å². The molecule has 2 aromatic rings. The summed E-state index contributed by atoms with van der Waals surface area (Å²) in [6.45, 7) is 11.4. The van der Waals surface area contributed by atoms with Crippen molar-refractivity contribution in [2.24, 2.45) is 0 Å². The molecule has 39 heavy (non-hydrogen) atoms. The Bertz CT molecular complexity index is 1050. The summed E-state index contributed by atoms with van der Waals surface area (Å²) in [5, 5.41) is 12.6. The quantitative estimate of drug-likeness (QED) is 0.115. The Morgan fingerprint density at radius 1 is 1.00 bits per heavy atom. The van der Waals surface area contributed by atoms with Crippen LogP contribution in [0.25, 0.3) is 0 Å². The number of ketones is 1. The van der Waals surface area contributed by atoms with Gasteiger partial charge in [-0.3, -0.25) is 14.4 Å². The number of aromatic hydroxyl groups is 1. The minimum Gasteiger partial charge on any atom is -0.507 e. The van der Waals surface area contributed by atoms with Gasteiger partial charge < -0.3 is 14.6 Å². The van der Waals surface area contributed by atoms with Gasteiger partial charge in [0.1, 0.15) is 11.5 Å². The van der Waals surface area contributed by atoms with Crippen molar-refractivity contribution in [3.8, 4) is 11.5 Å². The highest BCUT2D eigenvalue weighted by Crippen LogP contribution is 2.40. The molecule has 1 heterocycles. The number of phenols is 1. The summed E-state index contributed by atoms with van der Waals surface area (Å²) in [5.41, 5.74) is 0.0246. The largest absolute Gasteiger partial charge is 0.507 e. The molecule has 0 amide bonds. The van der Waals surface area contributed by atoms with Crippen molar-refractivity contribution in [1.82, 2.24) is 5.06 Å². The lowest BCUT2D eigenvalue weighted by Gasteiger charge is -2.53. The van der Waals surface area contributed by atoms with E-state index in [9.17, 15) is 14.7 Å². The van der Waals surface area contributed by atoms with Crippen LogP contribution in [0, 0.1) is 0 Å². The molecule has 0 bridgehead atoms. The first-order chi connectivity index (χ1) is 18.6. The Morgan fingerprint density at radius 2 is 1.64 bits per heavy atom. The molecule has 0 radical (unpaired) electrons. The highest BCUT2D eigenvalue weighted by molar-refractivity contribution is 6.10. The fourth-order valence-corrected chi connectivity index (χ4v) is 5.59. The van der Waals surface area contributed by atoms with Crippen molar-refractivity contribution in [2.75, 3.05) is 6.61 Å². The lowest BCUT2D eigenvalue weighted by molar-refractivity contribution is -0.300. The van der Waals surface area contributed by atoms with E-state index in [1.165, 1.54) is 44.2 Å². The van der Waals surface area contributed by atoms with E-state index in [-0.39, 0.29) is 40.0 Å². The van der Waals surface area contributed by atoms with Gasteiger partial charge in [-0.1, -0.05) is 69.4 Å². The third-order valence-corrected chi connectivity index (χ3v) is 7.21. The normalized spacial score (nSPS) is 18.0. The van der Waals surface area contributed by atoms with Gasteiger partial charge in [0, 0.05) is 22.7 Å². The first-order valence-electron chi connectivity index (χ1n) is 14.2. The maximum absolute atomic E-state index is 12.7. The van der Waals surface area contributed by atoms with Crippen LogP contribution in [0.5, 0.6) is 11.5 Å². The van der Waals surface area contributed by atoms with Gasteiger partial charge >= 0.3 is 0 Å². The van der Waals surface area contributed by atoms with Crippen LogP contribution in [0.15, 0.2) is 48.5 Å². The van der Waals surface area contributed by atoms with Crippen LogP contribution in [0.3, 0.4) is 0 Å².